The summed E-state index contributed by atoms with van der Waals surface area (Å²) in [4.78, 5) is 8.48. The van der Waals surface area contributed by atoms with Crippen LogP contribution in [-0.2, 0) is 13.1 Å². The molecule has 1 aromatic carbocycles. The van der Waals surface area contributed by atoms with Crippen molar-refractivity contribution in [2.45, 2.75) is 26.6 Å². The van der Waals surface area contributed by atoms with E-state index in [9.17, 15) is 8.78 Å². The van der Waals surface area contributed by atoms with E-state index in [1.54, 1.807) is 49.2 Å². The number of hydrogen-bond acceptors (Lipinski definition) is 5. The standard InChI is InChI=1S/C21H24F2N6O2/c1-3-30-17-7-4-6-16(19(17)31-20(22)23)14-27-21(24-2)26-13-15-8-10-25-18(12-15)29-11-5-9-28-29/h4-12,20H,3,13-14H2,1-2H3,(H2,24,26,27). The minimum atomic E-state index is -2.95. The number of pyridine rings is 1. The van der Waals surface area contributed by atoms with Crippen LogP contribution in [0.25, 0.3) is 5.82 Å². The molecular formula is C21H24F2N6O2. The van der Waals surface area contributed by atoms with Crippen molar-refractivity contribution in [3.63, 3.8) is 0 Å². The fraction of sp³-hybridized carbons (Fsp3) is 0.286. The highest BCUT2D eigenvalue weighted by Crippen LogP contribution is 2.32. The molecular weight excluding hydrogens is 406 g/mol. The second-order valence-electron chi connectivity index (χ2n) is 6.31. The molecule has 3 aromatic rings. The largest absolute Gasteiger partial charge is 0.490 e. The van der Waals surface area contributed by atoms with E-state index in [1.165, 1.54) is 0 Å². The van der Waals surface area contributed by atoms with Gasteiger partial charge in [0, 0.05) is 44.3 Å². The van der Waals surface area contributed by atoms with Crippen LogP contribution in [0.4, 0.5) is 8.78 Å². The van der Waals surface area contributed by atoms with E-state index in [2.05, 4.69) is 25.7 Å². The Morgan fingerprint density at radius 3 is 2.71 bits per heavy atom. The van der Waals surface area contributed by atoms with E-state index in [-0.39, 0.29) is 18.0 Å². The number of halogens is 2. The van der Waals surface area contributed by atoms with Crippen molar-refractivity contribution in [2.24, 2.45) is 4.99 Å². The first-order valence-corrected chi connectivity index (χ1v) is 9.69. The Morgan fingerprint density at radius 2 is 2.00 bits per heavy atom. The molecule has 2 aromatic heterocycles. The van der Waals surface area contributed by atoms with Crippen molar-refractivity contribution in [1.29, 1.82) is 0 Å². The van der Waals surface area contributed by atoms with Gasteiger partial charge in [0.1, 0.15) is 0 Å². The number of aliphatic imine (C=N–C) groups is 1. The van der Waals surface area contributed by atoms with Gasteiger partial charge in [-0.1, -0.05) is 12.1 Å². The summed E-state index contributed by atoms with van der Waals surface area (Å²) in [6, 6.07) is 10.6. The summed E-state index contributed by atoms with van der Waals surface area (Å²) in [6.07, 6.45) is 5.21. The quantitative estimate of drug-likeness (QED) is 0.401. The Labute approximate surface area is 178 Å². The molecule has 0 aliphatic carbocycles. The van der Waals surface area contributed by atoms with Gasteiger partial charge in [0.15, 0.2) is 23.3 Å². The molecule has 8 nitrogen and oxygen atoms in total. The molecule has 164 valence electrons. The van der Waals surface area contributed by atoms with Crippen LogP contribution in [0.5, 0.6) is 11.5 Å². The van der Waals surface area contributed by atoms with Crippen molar-refractivity contribution in [3.8, 4) is 17.3 Å². The second kappa shape index (κ2) is 10.9. The maximum atomic E-state index is 12.9. The molecule has 0 saturated carbocycles. The van der Waals surface area contributed by atoms with Gasteiger partial charge in [0.05, 0.1) is 6.61 Å². The van der Waals surface area contributed by atoms with Crippen LogP contribution in [-0.4, -0.2) is 41.0 Å². The summed E-state index contributed by atoms with van der Waals surface area (Å²) in [5.41, 5.74) is 1.50. The lowest BCUT2D eigenvalue weighted by atomic mass is 10.2. The first-order chi connectivity index (χ1) is 15.1. The van der Waals surface area contributed by atoms with Crippen LogP contribution in [0.1, 0.15) is 18.1 Å². The van der Waals surface area contributed by atoms with Gasteiger partial charge >= 0.3 is 6.61 Å². The number of nitrogens with one attached hydrogen (secondary N) is 2. The number of alkyl halides is 2. The molecule has 0 aliphatic rings. The van der Waals surface area contributed by atoms with Crippen LogP contribution < -0.4 is 20.1 Å². The molecule has 0 bridgehead atoms. The minimum absolute atomic E-state index is 0.0142. The summed E-state index contributed by atoms with van der Waals surface area (Å²) in [6.45, 7) is -0.132. The fourth-order valence-electron chi connectivity index (χ4n) is 2.88. The molecule has 2 heterocycles. The molecule has 0 saturated heterocycles. The average Bonchev–Trinajstić information content (AvgIpc) is 3.31. The molecule has 0 spiro atoms. The van der Waals surface area contributed by atoms with Crippen molar-refractivity contribution < 1.29 is 18.3 Å². The third kappa shape index (κ3) is 6.14. The van der Waals surface area contributed by atoms with Gasteiger partial charge < -0.3 is 20.1 Å². The Hall–Kier alpha value is -3.69. The minimum Gasteiger partial charge on any atom is -0.490 e. The molecule has 0 amide bonds. The lowest BCUT2D eigenvalue weighted by molar-refractivity contribution is -0.0520. The number of aromatic nitrogens is 3. The zero-order chi connectivity index (χ0) is 22.1. The van der Waals surface area contributed by atoms with Gasteiger partial charge in [-0.3, -0.25) is 4.99 Å². The lowest BCUT2D eigenvalue weighted by Crippen LogP contribution is -2.36. The molecule has 31 heavy (non-hydrogen) atoms. The Morgan fingerprint density at radius 1 is 1.16 bits per heavy atom. The molecule has 0 aliphatic heterocycles. The van der Waals surface area contributed by atoms with Crippen LogP contribution >= 0.6 is 0 Å². The summed E-state index contributed by atoms with van der Waals surface area (Å²) in [5, 5.41) is 10.5. The predicted octanol–water partition coefficient (Wildman–Crippen LogP) is 3.13. The number of guanidine groups is 1. The molecule has 2 N–H and O–H groups in total. The van der Waals surface area contributed by atoms with Gasteiger partial charge in [0.2, 0.25) is 0 Å². The number of ether oxygens (including phenoxy) is 2. The van der Waals surface area contributed by atoms with E-state index in [0.29, 0.717) is 30.5 Å². The Kier molecular flexibility index (Phi) is 7.74. The second-order valence-corrected chi connectivity index (χ2v) is 6.31. The van der Waals surface area contributed by atoms with Crippen molar-refractivity contribution >= 4 is 5.96 Å². The number of nitrogens with zero attached hydrogens (tertiary/aromatic N) is 4. The lowest BCUT2D eigenvalue weighted by Gasteiger charge is -2.17. The van der Waals surface area contributed by atoms with Gasteiger partial charge in [-0.2, -0.15) is 13.9 Å². The third-order valence-electron chi connectivity index (χ3n) is 4.25. The molecule has 3 rings (SSSR count). The Balaban J connectivity index is 1.64. The van der Waals surface area contributed by atoms with Gasteiger partial charge in [-0.05, 0) is 36.8 Å². The van der Waals surface area contributed by atoms with E-state index < -0.39 is 6.61 Å². The van der Waals surface area contributed by atoms with E-state index >= 15 is 0 Å². The molecule has 10 heteroatoms. The first kappa shape index (κ1) is 22.0. The number of benzene rings is 1. The topological polar surface area (TPSA) is 85.6 Å². The monoisotopic (exact) mass is 430 g/mol. The van der Waals surface area contributed by atoms with Crippen LogP contribution in [0.2, 0.25) is 0 Å². The van der Waals surface area contributed by atoms with E-state index in [0.717, 1.165) is 5.56 Å². The fourth-order valence-corrected chi connectivity index (χ4v) is 2.88. The van der Waals surface area contributed by atoms with Crippen LogP contribution in [0.15, 0.2) is 60.0 Å². The van der Waals surface area contributed by atoms with Gasteiger partial charge in [0.25, 0.3) is 0 Å². The number of para-hydroxylation sites is 1. The average molecular weight is 430 g/mol. The predicted molar refractivity (Wildman–Crippen MR) is 113 cm³/mol. The SMILES string of the molecule is CCOc1cccc(CNC(=NC)NCc2ccnc(-n3cccn3)c2)c1OC(F)F. The summed E-state index contributed by atoms with van der Waals surface area (Å²) < 4.78 is 37.6. The van der Waals surface area contributed by atoms with Gasteiger partial charge in [-0.25, -0.2) is 9.67 Å². The zero-order valence-corrected chi connectivity index (χ0v) is 17.3. The summed E-state index contributed by atoms with van der Waals surface area (Å²) in [5.74, 6) is 1.49. The zero-order valence-electron chi connectivity index (χ0n) is 17.3. The number of hydrogen-bond donors (Lipinski definition) is 2. The molecule has 0 atom stereocenters. The van der Waals surface area contributed by atoms with Crippen molar-refractivity contribution in [1.82, 2.24) is 25.4 Å². The Bertz CT molecular complexity index is 995. The van der Waals surface area contributed by atoms with Gasteiger partial charge in [-0.15, -0.1) is 0 Å². The van der Waals surface area contributed by atoms with E-state index in [1.807, 2.05) is 24.4 Å². The molecule has 0 unspecified atom stereocenters. The van der Waals surface area contributed by atoms with Crippen molar-refractivity contribution in [3.05, 3.63) is 66.1 Å². The first-order valence-electron chi connectivity index (χ1n) is 9.69. The van der Waals surface area contributed by atoms with E-state index in [4.69, 9.17) is 9.47 Å². The maximum Gasteiger partial charge on any atom is 0.387 e. The highest BCUT2D eigenvalue weighted by Gasteiger charge is 2.16. The van der Waals surface area contributed by atoms with Crippen LogP contribution in [0, 0.1) is 0 Å². The normalized spacial score (nSPS) is 11.5. The highest BCUT2D eigenvalue weighted by molar-refractivity contribution is 5.79. The highest BCUT2D eigenvalue weighted by atomic mass is 19.3. The van der Waals surface area contributed by atoms with Crippen LogP contribution in [0.3, 0.4) is 0 Å². The molecule has 0 radical (unpaired) electrons. The summed E-state index contributed by atoms with van der Waals surface area (Å²) in [7, 11) is 1.63. The smallest absolute Gasteiger partial charge is 0.387 e. The molecule has 0 fully saturated rings. The summed E-state index contributed by atoms with van der Waals surface area (Å²) >= 11 is 0. The third-order valence-corrected chi connectivity index (χ3v) is 4.25. The van der Waals surface area contributed by atoms with Crippen molar-refractivity contribution in [2.75, 3.05) is 13.7 Å². The maximum absolute atomic E-state index is 12.9. The number of rotatable bonds is 9.